The molecular weight excluding hydrogens is 346 g/mol. The number of aryl methyl sites for hydroxylation is 1. The molecule has 0 bridgehead atoms. The van der Waals surface area contributed by atoms with E-state index in [1.165, 1.54) is 0 Å². The molecule has 2 unspecified atom stereocenters. The summed E-state index contributed by atoms with van der Waals surface area (Å²) in [6, 6.07) is 5.06. The van der Waals surface area contributed by atoms with E-state index in [2.05, 4.69) is 10.3 Å². The Morgan fingerprint density at radius 2 is 2.19 bits per heavy atom. The van der Waals surface area contributed by atoms with Crippen molar-refractivity contribution in [3.63, 3.8) is 0 Å². The lowest BCUT2D eigenvalue weighted by molar-refractivity contribution is -0.150. The molecule has 0 radical (unpaired) electrons. The molecule has 27 heavy (non-hydrogen) atoms. The van der Waals surface area contributed by atoms with Crippen LogP contribution in [0.25, 0.3) is 0 Å². The van der Waals surface area contributed by atoms with Gasteiger partial charge < -0.3 is 19.7 Å². The van der Waals surface area contributed by atoms with Gasteiger partial charge in [-0.1, -0.05) is 6.07 Å². The van der Waals surface area contributed by atoms with E-state index < -0.39 is 17.7 Å². The Labute approximate surface area is 160 Å². The number of amides is 2. The Morgan fingerprint density at radius 1 is 1.37 bits per heavy atom. The number of nitrogens with one attached hydrogen (secondary N) is 1. The smallest absolute Gasteiger partial charge is 0.408 e. The Kier molecular flexibility index (Phi) is 5.69. The van der Waals surface area contributed by atoms with Gasteiger partial charge in [0.25, 0.3) is 0 Å². The Balaban J connectivity index is 1.68. The fourth-order valence-corrected chi connectivity index (χ4v) is 3.62. The number of likely N-dealkylation sites (tertiary alicyclic amines) is 1. The number of hydrogen-bond donors (Lipinski definition) is 1. The van der Waals surface area contributed by atoms with Crippen LogP contribution >= 0.6 is 0 Å². The second-order valence-corrected chi connectivity index (χ2v) is 8.33. The zero-order valence-corrected chi connectivity index (χ0v) is 16.4. The molecule has 1 aromatic rings. The summed E-state index contributed by atoms with van der Waals surface area (Å²) in [5, 5.41) is 2.78. The van der Waals surface area contributed by atoms with Crippen molar-refractivity contribution in [1.29, 1.82) is 0 Å². The Hall–Kier alpha value is -2.15. The average Bonchev–Trinajstić information content (AvgIpc) is 3.09. The van der Waals surface area contributed by atoms with Gasteiger partial charge in [0, 0.05) is 25.0 Å². The van der Waals surface area contributed by atoms with Gasteiger partial charge >= 0.3 is 6.09 Å². The first-order valence-electron chi connectivity index (χ1n) is 9.58. The highest BCUT2D eigenvalue weighted by molar-refractivity contribution is 5.87. The van der Waals surface area contributed by atoms with Gasteiger partial charge in [0.05, 0.1) is 12.1 Å². The van der Waals surface area contributed by atoms with Crippen molar-refractivity contribution in [2.75, 3.05) is 19.8 Å². The van der Waals surface area contributed by atoms with E-state index >= 15 is 0 Å². The summed E-state index contributed by atoms with van der Waals surface area (Å²) in [5.41, 5.74) is 0.0927. The van der Waals surface area contributed by atoms with Crippen LogP contribution in [-0.4, -0.2) is 58.8 Å². The first kappa shape index (κ1) is 19.6. The van der Waals surface area contributed by atoms with Gasteiger partial charge in [0.1, 0.15) is 11.6 Å². The molecule has 3 heterocycles. The van der Waals surface area contributed by atoms with E-state index in [4.69, 9.17) is 9.47 Å². The topological polar surface area (TPSA) is 80.8 Å². The summed E-state index contributed by atoms with van der Waals surface area (Å²) >= 11 is 0. The number of carbonyl (C=O) groups is 2. The fourth-order valence-electron chi connectivity index (χ4n) is 3.62. The van der Waals surface area contributed by atoms with E-state index in [1.807, 2.05) is 23.1 Å². The molecule has 2 aliphatic rings. The van der Waals surface area contributed by atoms with Crippen LogP contribution in [0.5, 0.6) is 0 Å². The molecule has 2 aliphatic heterocycles. The van der Waals surface area contributed by atoms with Gasteiger partial charge in [0.2, 0.25) is 5.91 Å². The molecule has 2 atom stereocenters. The largest absolute Gasteiger partial charge is 0.444 e. The lowest BCUT2D eigenvalue weighted by atomic mass is 9.83. The normalized spacial score (nSPS) is 23.0. The number of hydrogen-bond acceptors (Lipinski definition) is 5. The lowest BCUT2D eigenvalue weighted by Gasteiger charge is -2.51. The molecule has 7 nitrogen and oxygen atoms in total. The maximum absolute atomic E-state index is 13.2. The van der Waals surface area contributed by atoms with Crippen LogP contribution in [0, 0.1) is 0 Å². The number of pyridine rings is 1. The molecule has 2 fully saturated rings. The van der Waals surface area contributed by atoms with Gasteiger partial charge in [0.15, 0.2) is 0 Å². The van der Waals surface area contributed by atoms with Crippen LogP contribution in [0.3, 0.4) is 0 Å². The molecule has 7 heteroatoms. The number of aromatic nitrogens is 1. The lowest BCUT2D eigenvalue weighted by Crippen LogP contribution is -2.66. The first-order valence-corrected chi connectivity index (χ1v) is 9.58. The summed E-state index contributed by atoms with van der Waals surface area (Å²) in [7, 11) is 0. The van der Waals surface area contributed by atoms with Crippen LogP contribution < -0.4 is 5.32 Å². The third kappa shape index (κ3) is 4.77. The maximum Gasteiger partial charge on any atom is 0.408 e. The molecule has 0 aliphatic carbocycles. The predicted molar refractivity (Wildman–Crippen MR) is 100 cm³/mol. The van der Waals surface area contributed by atoms with Crippen LogP contribution in [0.15, 0.2) is 24.4 Å². The number of alkyl carbamates (subject to hydrolysis) is 1. The van der Waals surface area contributed by atoms with E-state index in [-0.39, 0.29) is 11.4 Å². The van der Waals surface area contributed by atoms with Crippen molar-refractivity contribution < 1.29 is 19.1 Å². The molecule has 0 saturated carbocycles. The third-order valence-corrected chi connectivity index (χ3v) is 5.13. The molecule has 1 spiro atoms. The monoisotopic (exact) mass is 375 g/mol. The second-order valence-electron chi connectivity index (χ2n) is 8.33. The number of ether oxygens (including phenoxy) is 2. The average molecular weight is 375 g/mol. The minimum Gasteiger partial charge on any atom is -0.444 e. The summed E-state index contributed by atoms with van der Waals surface area (Å²) in [4.78, 5) is 31.7. The van der Waals surface area contributed by atoms with Gasteiger partial charge in [-0.05, 0) is 58.6 Å². The second kappa shape index (κ2) is 7.84. The molecule has 0 aromatic carbocycles. The first-order chi connectivity index (χ1) is 12.8. The van der Waals surface area contributed by atoms with Crippen molar-refractivity contribution in [2.45, 2.75) is 63.6 Å². The summed E-state index contributed by atoms with van der Waals surface area (Å²) in [5.74, 6) is -0.0615. The van der Waals surface area contributed by atoms with Crippen LogP contribution in [0.2, 0.25) is 0 Å². The van der Waals surface area contributed by atoms with E-state index in [9.17, 15) is 9.59 Å². The number of carbonyl (C=O) groups excluding carboxylic acids is 2. The fraction of sp³-hybridized carbons (Fsp3) is 0.650. The Morgan fingerprint density at radius 3 is 2.74 bits per heavy atom. The van der Waals surface area contributed by atoms with Crippen molar-refractivity contribution >= 4 is 12.0 Å². The zero-order valence-electron chi connectivity index (χ0n) is 16.4. The van der Waals surface area contributed by atoms with Gasteiger partial charge in [-0.3, -0.25) is 9.78 Å². The number of rotatable bonds is 5. The molecule has 2 amide bonds. The minimum atomic E-state index is -0.639. The molecular formula is C20H29N3O4. The minimum absolute atomic E-state index is 0.0615. The van der Waals surface area contributed by atoms with Crippen molar-refractivity contribution in [1.82, 2.24) is 15.2 Å². The van der Waals surface area contributed by atoms with Crippen molar-refractivity contribution in [2.24, 2.45) is 0 Å². The highest BCUT2D eigenvalue weighted by atomic mass is 16.6. The standard InChI is InChI=1S/C20H29N3O4/c1-19(2,3)27-18(25)22-16(8-7-15-6-4-5-11-21-15)17(24)23-12-9-20(23)10-13-26-14-20/h4-6,11,16H,7-10,12-14H2,1-3H3,(H,22,25). The highest BCUT2D eigenvalue weighted by Crippen LogP contribution is 2.38. The molecule has 3 rings (SSSR count). The van der Waals surface area contributed by atoms with Gasteiger partial charge in [-0.2, -0.15) is 0 Å². The highest BCUT2D eigenvalue weighted by Gasteiger charge is 2.51. The molecule has 1 N–H and O–H groups in total. The molecule has 148 valence electrons. The predicted octanol–water partition coefficient (Wildman–Crippen LogP) is 2.30. The zero-order chi connectivity index (χ0) is 19.5. The van der Waals surface area contributed by atoms with E-state index in [0.717, 1.165) is 18.5 Å². The van der Waals surface area contributed by atoms with Gasteiger partial charge in [-0.15, -0.1) is 0 Å². The Bertz CT molecular complexity index is 666. The van der Waals surface area contributed by atoms with Crippen LogP contribution in [-0.2, 0) is 20.7 Å². The molecule has 2 saturated heterocycles. The summed E-state index contributed by atoms with van der Waals surface area (Å²) < 4.78 is 10.9. The SMILES string of the molecule is CC(C)(C)OC(=O)NC(CCc1ccccn1)C(=O)N1CCC12CCOC2. The van der Waals surface area contributed by atoms with Crippen molar-refractivity contribution in [3.05, 3.63) is 30.1 Å². The van der Waals surface area contributed by atoms with Crippen LogP contribution in [0.1, 0.15) is 45.7 Å². The summed E-state index contributed by atoms with van der Waals surface area (Å²) in [6.07, 6.45) is 4.05. The van der Waals surface area contributed by atoms with E-state index in [1.54, 1.807) is 27.0 Å². The quantitative estimate of drug-likeness (QED) is 0.854. The number of nitrogens with zero attached hydrogens (tertiary/aromatic N) is 2. The van der Waals surface area contributed by atoms with Crippen LogP contribution in [0.4, 0.5) is 4.79 Å². The summed E-state index contributed by atoms with van der Waals surface area (Å²) in [6.45, 7) is 7.38. The van der Waals surface area contributed by atoms with Gasteiger partial charge in [-0.25, -0.2) is 4.79 Å². The molecule has 1 aromatic heterocycles. The third-order valence-electron chi connectivity index (χ3n) is 5.13. The van der Waals surface area contributed by atoms with E-state index in [0.29, 0.717) is 32.6 Å². The van der Waals surface area contributed by atoms with Crippen molar-refractivity contribution in [3.8, 4) is 0 Å². The maximum atomic E-state index is 13.2.